The summed E-state index contributed by atoms with van der Waals surface area (Å²) in [5, 5.41) is 3.77. The monoisotopic (exact) mass is 430 g/mol. The van der Waals surface area contributed by atoms with Gasteiger partial charge in [0.25, 0.3) is 5.91 Å². The van der Waals surface area contributed by atoms with Crippen molar-refractivity contribution in [2.75, 3.05) is 13.7 Å². The molecule has 2 aromatic rings. The van der Waals surface area contributed by atoms with Gasteiger partial charge in [-0.15, -0.1) is 0 Å². The molecule has 1 aromatic heterocycles. The Morgan fingerprint density at radius 2 is 2.14 bits per heavy atom. The Labute approximate surface area is 143 Å². The van der Waals surface area contributed by atoms with E-state index in [0.29, 0.717) is 21.9 Å². The molecule has 1 aromatic carbocycles. The fourth-order valence-electron chi connectivity index (χ4n) is 1.50. The van der Waals surface area contributed by atoms with Crippen molar-refractivity contribution < 1.29 is 18.7 Å². The van der Waals surface area contributed by atoms with Crippen molar-refractivity contribution in [3.63, 3.8) is 0 Å². The molecule has 116 valence electrons. The summed E-state index contributed by atoms with van der Waals surface area (Å²) in [5.74, 6) is 1.13. The molecule has 1 amide bonds. The second kappa shape index (κ2) is 8.00. The third kappa shape index (κ3) is 4.88. The van der Waals surface area contributed by atoms with Crippen molar-refractivity contribution in [2.24, 2.45) is 5.10 Å². The van der Waals surface area contributed by atoms with Crippen molar-refractivity contribution in [1.82, 2.24) is 5.43 Å². The van der Waals surface area contributed by atoms with E-state index in [4.69, 9.17) is 13.9 Å². The minimum Gasteiger partial charge on any atom is -0.493 e. The summed E-state index contributed by atoms with van der Waals surface area (Å²) < 4.78 is 17.2. The van der Waals surface area contributed by atoms with Crippen LogP contribution in [0.1, 0.15) is 5.76 Å². The summed E-state index contributed by atoms with van der Waals surface area (Å²) in [6.07, 6.45) is 1.39. The number of halogens is 2. The number of hydrogen-bond donors (Lipinski definition) is 1. The zero-order valence-corrected chi connectivity index (χ0v) is 14.7. The first-order chi connectivity index (χ1) is 10.6. The van der Waals surface area contributed by atoms with Gasteiger partial charge >= 0.3 is 0 Å². The zero-order chi connectivity index (χ0) is 15.9. The van der Waals surface area contributed by atoms with Gasteiger partial charge in [-0.2, -0.15) is 5.10 Å². The number of benzene rings is 1. The van der Waals surface area contributed by atoms with Crippen LogP contribution in [0.5, 0.6) is 11.5 Å². The number of nitrogens with one attached hydrogen (secondary N) is 1. The van der Waals surface area contributed by atoms with Gasteiger partial charge in [0.1, 0.15) is 5.76 Å². The number of carbonyl (C=O) groups is 1. The number of rotatable bonds is 6. The van der Waals surface area contributed by atoms with Crippen LogP contribution in [-0.2, 0) is 4.79 Å². The zero-order valence-electron chi connectivity index (χ0n) is 11.5. The van der Waals surface area contributed by atoms with Crippen LogP contribution >= 0.6 is 31.9 Å². The predicted molar refractivity (Wildman–Crippen MR) is 88.3 cm³/mol. The number of carbonyl (C=O) groups excluding carboxylic acids is 1. The molecule has 1 N–H and O–H groups in total. The number of nitrogens with zero attached hydrogens (tertiary/aromatic N) is 1. The van der Waals surface area contributed by atoms with E-state index in [1.54, 1.807) is 30.3 Å². The second-order valence-corrected chi connectivity index (χ2v) is 5.72. The largest absolute Gasteiger partial charge is 0.493 e. The molecule has 0 fully saturated rings. The van der Waals surface area contributed by atoms with Crippen LogP contribution < -0.4 is 14.9 Å². The van der Waals surface area contributed by atoms with Gasteiger partial charge in [0.2, 0.25) is 0 Å². The molecular weight excluding hydrogens is 420 g/mol. The maximum atomic E-state index is 11.6. The van der Waals surface area contributed by atoms with Gasteiger partial charge in [-0.3, -0.25) is 4.79 Å². The molecule has 6 nitrogen and oxygen atoms in total. The molecule has 22 heavy (non-hydrogen) atoms. The molecule has 0 atom stereocenters. The number of ether oxygens (including phenoxy) is 2. The maximum absolute atomic E-state index is 11.6. The lowest BCUT2D eigenvalue weighted by molar-refractivity contribution is -0.123. The Kier molecular flexibility index (Phi) is 6.02. The topological polar surface area (TPSA) is 73.1 Å². The Bertz CT molecular complexity index is 685. The Morgan fingerprint density at radius 1 is 1.32 bits per heavy atom. The molecule has 0 bridgehead atoms. The Hall–Kier alpha value is -1.80. The number of methoxy groups -OCH3 is 1. The van der Waals surface area contributed by atoms with Gasteiger partial charge in [0.15, 0.2) is 22.8 Å². The van der Waals surface area contributed by atoms with E-state index in [1.807, 2.05) is 0 Å². The lowest BCUT2D eigenvalue weighted by Crippen LogP contribution is -2.24. The van der Waals surface area contributed by atoms with Crippen LogP contribution in [0.2, 0.25) is 0 Å². The maximum Gasteiger partial charge on any atom is 0.277 e. The van der Waals surface area contributed by atoms with Gasteiger partial charge in [0.05, 0.1) is 13.3 Å². The van der Waals surface area contributed by atoms with E-state index in [2.05, 4.69) is 42.4 Å². The molecule has 0 saturated carbocycles. The summed E-state index contributed by atoms with van der Waals surface area (Å²) in [5.41, 5.74) is 2.34. The molecule has 0 radical (unpaired) electrons. The van der Waals surface area contributed by atoms with Crippen molar-refractivity contribution in [1.29, 1.82) is 0 Å². The summed E-state index contributed by atoms with van der Waals surface area (Å²) in [7, 11) is 1.53. The van der Waals surface area contributed by atoms with E-state index in [0.717, 1.165) is 4.47 Å². The molecule has 0 aliphatic carbocycles. The lowest BCUT2D eigenvalue weighted by Gasteiger charge is -2.09. The van der Waals surface area contributed by atoms with E-state index in [9.17, 15) is 4.79 Å². The summed E-state index contributed by atoms with van der Waals surface area (Å²) in [6.45, 7) is -0.183. The van der Waals surface area contributed by atoms with Crippen molar-refractivity contribution in [2.45, 2.75) is 0 Å². The predicted octanol–water partition coefficient (Wildman–Crippen LogP) is 3.34. The van der Waals surface area contributed by atoms with Crippen LogP contribution in [0.4, 0.5) is 0 Å². The van der Waals surface area contributed by atoms with Gasteiger partial charge in [-0.25, -0.2) is 5.43 Å². The summed E-state index contributed by atoms with van der Waals surface area (Å²) >= 11 is 6.50. The molecular formula is C14H12Br2N2O4. The van der Waals surface area contributed by atoms with E-state index >= 15 is 0 Å². The fourth-order valence-corrected chi connectivity index (χ4v) is 2.16. The van der Waals surface area contributed by atoms with Crippen LogP contribution in [0.15, 0.2) is 49.0 Å². The second-order valence-electron chi connectivity index (χ2n) is 4.02. The quantitative estimate of drug-likeness (QED) is 0.562. The van der Waals surface area contributed by atoms with Gasteiger partial charge in [-0.1, -0.05) is 15.9 Å². The normalized spacial score (nSPS) is 10.7. The van der Waals surface area contributed by atoms with Crippen molar-refractivity contribution in [3.05, 3.63) is 45.2 Å². The van der Waals surface area contributed by atoms with Crippen LogP contribution in [0.25, 0.3) is 0 Å². The van der Waals surface area contributed by atoms with E-state index in [-0.39, 0.29) is 6.61 Å². The highest BCUT2D eigenvalue weighted by molar-refractivity contribution is 9.10. The molecule has 0 saturated heterocycles. The van der Waals surface area contributed by atoms with E-state index in [1.165, 1.54) is 13.3 Å². The molecule has 0 spiro atoms. The first-order valence-electron chi connectivity index (χ1n) is 6.12. The van der Waals surface area contributed by atoms with Crippen LogP contribution in [-0.4, -0.2) is 25.8 Å². The molecule has 0 aliphatic rings. The van der Waals surface area contributed by atoms with Crippen molar-refractivity contribution >= 4 is 44.0 Å². The van der Waals surface area contributed by atoms with Gasteiger partial charge in [-0.05, 0) is 46.3 Å². The highest BCUT2D eigenvalue weighted by atomic mass is 79.9. The smallest absolute Gasteiger partial charge is 0.277 e. The number of hydrogen-bond acceptors (Lipinski definition) is 5. The van der Waals surface area contributed by atoms with Crippen LogP contribution in [0, 0.1) is 0 Å². The molecule has 2 rings (SSSR count). The molecule has 0 unspecified atom stereocenters. The molecule has 1 heterocycles. The van der Waals surface area contributed by atoms with E-state index < -0.39 is 5.91 Å². The third-order valence-corrected chi connectivity index (χ3v) is 3.38. The molecule has 8 heteroatoms. The highest BCUT2D eigenvalue weighted by Gasteiger charge is 2.07. The first-order valence-corrected chi connectivity index (χ1v) is 7.70. The van der Waals surface area contributed by atoms with Crippen LogP contribution in [0.3, 0.4) is 0 Å². The summed E-state index contributed by atoms with van der Waals surface area (Å²) in [4.78, 5) is 11.6. The number of hydrazone groups is 1. The number of furan rings is 1. The van der Waals surface area contributed by atoms with Gasteiger partial charge in [0, 0.05) is 4.47 Å². The van der Waals surface area contributed by atoms with Crippen molar-refractivity contribution in [3.8, 4) is 11.5 Å². The average molecular weight is 432 g/mol. The third-order valence-electron chi connectivity index (χ3n) is 2.46. The SMILES string of the molecule is COc1cc(Br)ccc1OCC(=O)N/N=C\c1ccc(Br)o1. The highest BCUT2D eigenvalue weighted by Crippen LogP contribution is 2.29. The van der Waals surface area contributed by atoms with Gasteiger partial charge < -0.3 is 13.9 Å². The fraction of sp³-hybridized carbons (Fsp3) is 0.143. The minimum atomic E-state index is -0.396. The summed E-state index contributed by atoms with van der Waals surface area (Å²) in [6, 6.07) is 8.69. The first kappa shape index (κ1) is 16.6. The standard InChI is InChI=1S/C14H12Br2N2O4/c1-20-12-6-9(15)2-4-11(12)21-8-14(19)18-17-7-10-3-5-13(16)22-10/h2-7H,8H2,1H3,(H,18,19)/b17-7-. The Morgan fingerprint density at radius 3 is 2.82 bits per heavy atom. The number of amides is 1. The lowest BCUT2D eigenvalue weighted by atomic mass is 10.3. The molecule has 0 aliphatic heterocycles. The minimum absolute atomic E-state index is 0.183. The Balaban J connectivity index is 1.84. The average Bonchev–Trinajstić information content (AvgIpc) is 2.91.